The maximum atomic E-state index is 13.4. The van der Waals surface area contributed by atoms with Crippen LogP contribution in [0.5, 0.6) is 5.75 Å². The van der Waals surface area contributed by atoms with Crippen LogP contribution in [-0.4, -0.2) is 79.0 Å². The molecule has 10 N–H and O–H groups in total. The van der Waals surface area contributed by atoms with E-state index < -0.39 is 61.3 Å². The number of nitrogens with two attached hydrogens (primary N) is 3. The highest BCUT2D eigenvalue weighted by Crippen LogP contribution is 2.56. The molecule has 1 aromatic rings. The first-order chi connectivity index (χ1) is 20.4. The number of hydrogen-bond acceptors (Lipinski definition) is 8. The minimum atomic E-state index is -1.35. The normalized spacial score (nSPS) is 21.8. The van der Waals surface area contributed by atoms with Crippen molar-refractivity contribution in [1.82, 2.24) is 21.3 Å². The molecular formula is C26H41N8O6P3. The third-order valence-corrected chi connectivity index (χ3v) is 8.99. The topological polar surface area (TPSA) is 233 Å². The fraction of sp³-hybridized carbons (Fsp3) is 0.462. The SMILES string of the molecule is CC(=O)C(CCCN=C(N)N)NC(=O)C1CC(=O)NC/C=C/COc2ccc(cc2)CC(N)C(=O)NC(P(P)P)C(=O)N1. The van der Waals surface area contributed by atoms with Gasteiger partial charge in [-0.15, -0.1) is 17.9 Å². The molecule has 3 rings (SSSR count). The summed E-state index contributed by atoms with van der Waals surface area (Å²) in [4.78, 5) is 68.5. The Morgan fingerprint density at radius 1 is 1.09 bits per heavy atom. The van der Waals surface area contributed by atoms with E-state index in [-0.39, 0.29) is 44.3 Å². The molecule has 6 unspecified atom stereocenters. The van der Waals surface area contributed by atoms with Gasteiger partial charge in [0, 0.05) is 13.1 Å². The summed E-state index contributed by atoms with van der Waals surface area (Å²) in [5.74, 6) is -3.36. The number of benzene rings is 1. The number of nitrogens with zero attached hydrogens (tertiary/aromatic N) is 1. The van der Waals surface area contributed by atoms with Crippen molar-refractivity contribution in [2.24, 2.45) is 22.2 Å². The Balaban J connectivity index is 2.27. The summed E-state index contributed by atoms with van der Waals surface area (Å²) < 4.78 is 5.66. The number of Topliss-reactive ketones (excluding diaryl/α,β-unsaturated/α-hetero) is 1. The highest BCUT2D eigenvalue weighted by molar-refractivity contribution is 8.43. The van der Waals surface area contributed by atoms with Crippen LogP contribution >= 0.6 is 25.2 Å². The van der Waals surface area contributed by atoms with Crippen LogP contribution in [0.2, 0.25) is 0 Å². The maximum Gasteiger partial charge on any atom is 0.248 e. The van der Waals surface area contributed by atoms with E-state index in [4.69, 9.17) is 21.9 Å². The summed E-state index contributed by atoms with van der Waals surface area (Å²) in [5, 5.41) is 10.5. The van der Waals surface area contributed by atoms with Crippen molar-refractivity contribution in [3.05, 3.63) is 42.0 Å². The zero-order chi connectivity index (χ0) is 31.9. The quantitative estimate of drug-likeness (QED) is 0.0606. The molecule has 2 heterocycles. The van der Waals surface area contributed by atoms with Gasteiger partial charge in [-0.2, -0.15) is 0 Å². The number of carbonyl (C=O) groups excluding carboxylic acids is 5. The molecule has 0 aliphatic carbocycles. The molecule has 0 aromatic heterocycles. The number of ketones is 1. The van der Waals surface area contributed by atoms with Crippen LogP contribution in [0.3, 0.4) is 0 Å². The van der Waals surface area contributed by atoms with Gasteiger partial charge >= 0.3 is 0 Å². The van der Waals surface area contributed by atoms with Crippen LogP contribution in [0.1, 0.15) is 31.7 Å². The van der Waals surface area contributed by atoms with Gasteiger partial charge in [0.1, 0.15) is 24.2 Å². The van der Waals surface area contributed by atoms with Gasteiger partial charge in [-0.05, 0) is 57.3 Å². The lowest BCUT2D eigenvalue weighted by Gasteiger charge is -2.27. The predicted molar refractivity (Wildman–Crippen MR) is 173 cm³/mol. The van der Waals surface area contributed by atoms with Gasteiger partial charge in [-0.1, -0.05) is 18.2 Å². The van der Waals surface area contributed by atoms with Crippen LogP contribution in [0.25, 0.3) is 0 Å². The lowest BCUT2D eigenvalue weighted by molar-refractivity contribution is -0.134. The fourth-order valence-corrected chi connectivity index (χ4v) is 5.81. The van der Waals surface area contributed by atoms with Gasteiger partial charge in [0.05, 0.1) is 18.5 Å². The minimum absolute atomic E-state index is 0.0907. The van der Waals surface area contributed by atoms with E-state index in [0.717, 1.165) is 5.56 Å². The van der Waals surface area contributed by atoms with E-state index in [1.54, 1.807) is 36.4 Å². The van der Waals surface area contributed by atoms with Gasteiger partial charge in [-0.25, -0.2) is 0 Å². The molecular weight excluding hydrogens is 613 g/mol. The predicted octanol–water partition coefficient (Wildman–Crippen LogP) is -0.872. The first-order valence-corrected chi connectivity index (χ1v) is 18.2. The van der Waals surface area contributed by atoms with Gasteiger partial charge in [-0.3, -0.25) is 29.0 Å². The molecule has 0 spiro atoms. The molecule has 1 aromatic carbocycles. The Hall–Kier alpha value is -3.17. The average molecular weight is 655 g/mol. The molecule has 43 heavy (non-hydrogen) atoms. The van der Waals surface area contributed by atoms with Gasteiger partial charge < -0.3 is 43.2 Å². The summed E-state index contributed by atoms with van der Waals surface area (Å²) in [6.07, 6.45) is 3.85. The first kappa shape index (κ1) is 36.0. The lowest BCUT2D eigenvalue weighted by atomic mass is 10.1. The maximum absolute atomic E-state index is 13.4. The molecule has 2 bridgehead atoms. The molecule has 0 fully saturated rings. The van der Waals surface area contributed by atoms with E-state index in [0.29, 0.717) is 12.2 Å². The third-order valence-electron chi connectivity index (χ3n) is 6.25. The largest absolute Gasteiger partial charge is 0.490 e. The highest BCUT2D eigenvalue weighted by atomic mass is 32.4. The second kappa shape index (κ2) is 18.5. The molecule has 4 amide bonds. The number of aliphatic imine (C=N–C) groups is 1. The number of ether oxygens (including phenoxy) is 1. The Morgan fingerprint density at radius 3 is 2.42 bits per heavy atom. The molecule has 0 saturated carbocycles. The number of guanidine groups is 1. The summed E-state index contributed by atoms with van der Waals surface area (Å²) in [5.41, 5.74) is 17.6. The number of amides is 4. The van der Waals surface area contributed by atoms with E-state index in [2.05, 4.69) is 44.1 Å². The van der Waals surface area contributed by atoms with Gasteiger partial charge in [0.15, 0.2) is 11.7 Å². The summed E-state index contributed by atoms with van der Waals surface area (Å²) in [7, 11) is 3.68. The van der Waals surface area contributed by atoms with Crippen LogP contribution < -0.4 is 43.2 Å². The van der Waals surface area contributed by atoms with Crippen LogP contribution in [0.4, 0.5) is 0 Å². The second-order valence-corrected chi connectivity index (χ2v) is 16.6. The lowest BCUT2D eigenvalue weighted by Crippen LogP contribution is -2.57. The van der Waals surface area contributed by atoms with Gasteiger partial charge in [0.25, 0.3) is 0 Å². The average Bonchev–Trinajstić information content (AvgIpc) is 2.94. The van der Waals surface area contributed by atoms with Crippen molar-refractivity contribution in [1.29, 1.82) is 0 Å². The summed E-state index contributed by atoms with van der Waals surface area (Å²) in [6.45, 7) is 1.98. The molecule has 6 atom stereocenters. The Bertz CT molecular complexity index is 1190. The molecule has 2 aliphatic rings. The van der Waals surface area contributed by atoms with Crippen molar-refractivity contribution in [3.8, 4) is 5.75 Å². The smallest absolute Gasteiger partial charge is 0.248 e. The number of rotatable bonds is 8. The minimum Gasteiger partial charge on any atom is -0.490 e. The van der Waals surface area contributed by atoms with E-state index in [1.165, 1.54) is 6.92 Å². The van der Waals surface area contributed by atoms with Crippen molar-refractivity contribution in [2.75, 3.05) is 19.7 Å². The zero-order valence-electron chi connectivity index (χ0n) is 24.0. The standard InChI is InChI=1S/C26H41N8O6P3/c1-15(35)19(5-4-11-31-26(28)29)32-23(38)20-14-21(36)30-10-2-3-12-40-17-8-6-16(7-9-17)13-18(27)22(37)34-25(43(41)42)24(39)33-20/h2-3,6-9,18-20,25H,4-5,10-14,27,41-42H2,1H3,(H,30,36)(H,32,38)(H,33,39)(H,34,37)(H4,28,29,31)/b3-2+. The van der Waals surface area contributed by atoms with Crippen LogP contribution in [-0.2, 0) is 30.4 Å². The zero-order valence-corrected chi connectivity index (χ0v) is 27.2. The Labute approximate surface area is 256 Å². The number of nitrogens with one attached hydrogen (secondary N) is 4. The molecule has 17 heteroatoms. The van der Waals surface area contributed by atoms with E-state index in [1.807, 2.05) is 0 Å². The fourth-order valence-electron chi connectivity index (χ4n) is 3.92. The van der Waals surface area contributed by atoms with Crippen molar-refractivity contribution < 1.29 is 28.7 Å². The summed E-state index contributed by atoms with van der Waals surface area (Å²) >= 11 is 0. The van der Waals surface area contributed by atoms with Crippen LogP contribution in [0, 0.1) is 0 Å². The number of fused-ring (bicyclic) bond motifs is 16. The number of carbonyl (C=O) groups is 5. The van der Waals surface area contributed by atoms with Gasteiger partial charge in [0.2, 0.25) is 23.6 Å². The van der Waals surface area contributed by atoms with E-state index in [9.17, 15) is 24.0 Å². The Kier molecular flexibility index (Phi) is 15.5. The second-order valence-electron chi connectivity index (χ2n) is 9.79. The van der Waals surface area contributed by atoms with Crippen molar-refractivity contribution >= 4 is 60.5 Å². The third kappa shape index (κ3) is 13.3. The number of hydrogen-bond donors (Lipinski definition) is 7. The van der Waals surface area contributed by atoms with E-state index >= 15 is 0 Å². The molecule has 2 aliphatic heterocycles. The summed E-state index contributed by atoms with van der Waals surface area (Å²) in [6, 6.07) is 3.92. The van der Waals surface area contributed by atoms with Crippen LogP contribution in [0.15, 0.2) is 41.4 Å². The highest BCUT2D eigenvalue weighted by Gasteiger charge is 2.32. The molecule has 236 valence electrons. The Morgan fingerprint density at radius 2 is 1.79 bits per heavy atom. The van der Waals surface area contributed by atoms with Crippen molar-refractivity contribution in [3.63, 3.8) is 0 Å². The van der Waals surface area contributed by atoms with Crippen molar-refractivity contribution in [2.45, 2.75) is 56.5 Å². The molecule has 14 nitrogen and oxygen atoms in total. The monoisotopic (exact) mass is 654 g/mol. The first-order valence-electron chi connectivity index (χ1n) is 13.5. The molecule has 0 saturated heterocycles. The molecule has 0 radical (unpaired) electrons.